The van der Waals surface area contributed by atoms with Gasteiger partial charge in [-0.15, -0.1) is 24.0 Å². The first-order chi connectivity index (χ1) is 10.2. The summed E-state index contributed by atoms with van der Waals surface area (Å²) in [5.41, 5.74) is 1.52. The van der Waals surface area contributed by atoms with Crippen molar-refractivity contribution in [1.29, 1.82) is 0 Å². The van der Waals surface area contributed by atoms with Gasteiger partial charge in [-0.1, -0.05) is 19.9 Å². The van der Waals surface area contributed by atoms with Gasteiger partial charge in [0.2, 0.25) is 0 Å². The molecule has 6 heteroatoms. The molecule has 0 radical (unpaired) electrons. The van der Waals surface area contributed by atoms with Crippen LogP contribution in [0.25, 0.3) is 0 Å². The molecule has 1 saturated heterocycles. The van der Waals surface area contributed by atoms with Crippen molar-refractivity contribution in [2.75, 3.05) is 13.6 Å². The zero-order valence-electron chi connectivity index (χ0n) is 14.5. The minimum atomic E-state index is -0.374. The van der Waals surface area contributed by atoms with Gasteiger partial charge in [-0.3, -0.25) is 4.99 Å². The van der Waals surface area contributed by atoms with Gasteiger partial charge < -0.3 is 15.3 Å². The standard InChI is InChI=1S/C17H26FN3O.HI/c1-16(2)11-21(17(16,3)4)15(19-5)20-9-12-6-7-14(18)13(8-12)10-22;/h6-8,22H,9-11H2,1-5H3,(H,19,20);1H. The highest BCUT2D eigenvalue weighted by molar-refractivity contribution is 14.0. The summed E-state index contributed by atoms with van der Waals surface area (Å²) in [6, 6.07) is 4.79. The first-order valence-electron chi connectivity index (χ1n) is 7.59. The fourth-order valence-electron chi connectivity index (χ4n) is 2.74. The van der Waals surface area contributed by atoms with Gasteiger partial charge in [0.15, 0.2) is 5.96 Å². The molecule has 1 aliphatic rings. The van der Waals surface area contributed by atoms with Gasteiger partial charge in [0.25, 0.3) is 0 Å². The van der Waals surface area contributed by atoms with Crippen molar-refractivity contribution in [1.82, 2.24) is 10.2 Å². The van der Waals surface area contributed by atoms with Crippen molar-refractivity contribution in [3.63, 3.8) is 0 Å². The molecular weight excluding hydrogens is 408 g/mol. The zero-order valence-corrected chi connectivity index (χ0v) is 16.8. The SMILES string of the molecule is CN=C(NCc1ccc(F)c(CO)c1)N1CC(C)(C)C1(C)C.I. The normalized spacial score (nSPS) is 18.9. The third-order valence-electron chi connectivity index (χ3n) is 5.08. The van der Waals surface area contributed by atoms with Crippen LogP contribution in [0, 0.1) is 11.2 Å². The number of hydrogen-bond donors (Lipinski definition) is 2. The smallest absolute Gasteiger partial charge is 0.194 e. The maximum Gasteiger partial charge on any atom is 0.194 e. The predicted molar refractivity (Wildman–Crippen MR) is 103 cm³/mol. The Morgan fingerprint density at radius 3 is 2.48 bits per heavy atom. The number of benzene rings is 1. The lowest BCUT2D eigenvalue weighted by molar-refractivity contribution is -0.0667. The van der Waals surface area contributed by atoms with Crippen molar-refractivity contribution >= 4 is 29.9 Å². The number of likely N-dealkylation sites (tertiary alicyclic amines) is 1. The fourth-order valence-corrected chi connectivity index (χ4v) is 2.74. The second-order valence-corrected chi connectivity index (χ2v) is 7.01. The van der Waals surface area contributed by atoms with E-state index in [0.29, 0.717) is 12.1 Å². The molecule has 0 amide bonds. The van der Waals surface area contributed by atoms with E-state index in [9.17, 15) is 4.39 Å². The lowest BCUT2D eigenvalue weighted by Crippen LogP contribution is -2.72. The minimum absolute atomic E-state index is 0. The van der Waals surface area contributed by atoms with Crippen molar-refractivity contribution in [2.45, 2.75) is 46.4 Å². The number of hydrogen-bond acceptors (Lipinski definition) is 2. The molecule has 0 spiro atoms. The maximum absolute atomic E-state index is 13.4. The number of aliphatic hydroxyl groups excluding tert-OH is 1. The first-order valence-corrected chi connectivity index (χ1v) is 7.59. The molecule has 0 unspecified atom stereocenters. The van der Waals surface area contributed by atoms with Crippen LogP contribution in [0.2, 0.25) is 0 Å². The second-order valence-electron chi connectivity index (χ2n) is 7.01. The Bertz CT molecular complexity index is 587. The summed E-state index contributed by atoms with van der Waals surface area (Å²) in [5.74, 6) is 0.473. The average molecular weight is 435 g/mol. The van der Waals surface area contributed by atoms with Gasteiger partial charge in [-0.05, 0) is 31.5 Å². The van der Waals surface area contributed by atoms with Crippen molar-refractivity contribution in [3.05, 3.63) is 35.1 Å². The lowest BCUT2D eigenvalue weighted by atomic mass is 9.65. The Balaban J connectivity index is 0.00000264. The van der Waals surface area contributed by atoms with Crippen molar-refractivity contribution in [2.24, 2.45) is 10.4 Å². The molecule has 0 aliphatic carbocycles. The Morgan fingerprint density at radius 2 is 2.00 bits per heavy atom. The molecule has 0 atom stereocenters. The monoisotopic (exact) mass is 435 g/mol. The molecule has 1 aliphatic heterocycles. The van der Waals surface area contributed by atoms with Crippen LogP contribution in [0.3, 0.4) is 0 Å². The fraction of sp³-hybridized carbons (Fsp3) is 0.588. The molecule has 4 nitrogen and oxygen atoms in total. The third kappa shape index (κ3) is 3.79. The van der Waals surface area contributed by atoms with Crippen LogP contribution in [0.4, 0.5) is 4.39 Å². The van der Waals surface area contributed by atoms with Crippen molar-refractivity contribution < 1.29 is 9.50 Å². The molecule has 2 N–H and O–H groups in total. The summed E-state index contributed by atoms with van der Waals surface area (Å²) in [4.78, 5) is 6.61. The Kier molecular flexibility index (Phi) is 6.43. The molecule has 130 valence electrons. The predicted octanol–water partition coefficient (Wildman–Crippen LogP) is 3.13. The molecule has 1 aromatic rings. The number of nitrogens with one attached hydrogen (secondary N) is 1. The zero-order chi connectivity index (χ0) is 16.5. The van der Waals surface area contributed by atoms with Gasteiger partial charge in [-0.2, -0.15) is 0 Å². The molecule has 1 aromatic carbocycles. The average Bonchev–Trinajstić information content (AvgIpc) is 2.48. The van der Waals surface area contributed by atoms with Crippen LogP contribution in [-0.2, 0) is 13.2 Å². The summed E-state index contributed by atoms with van der Waals surface area (Å²) in [7, 11) is 1.77. The molecule has 2 rings (SSSR count). The van der Waals surface area contributed by atoms with E-state index < -0.39 is 0 Å². The Labute approximate surface area is 155 Å². The Hall–Kier alpha value is -0.890. The third-order valence-corrected chi connectivity index (χ3v) is 5.08. The van der Waals surface area contributed by atoms with Gasteiger partial charge in [0, 0.05) is 36.7 Å². The van der Waals surface area contributed by atoms with E-state index in [1.165, 1.54) is 6.07 Å². The molecular formula is C17H27FIN3O. The number of rotatable bonds is 3. The summed E-state index contributed by atoms with van der Waals surface area (Å²) in [6.45, 7) is 10.1. The summed E-state index contributed by atoms with van der Waals surface area (Å²) in [5, 5.41) is 12.5. The summed E-state index contributed by atoms with van der Waals surface area (Å²) >= 11 is 0. The highest BCUT2D eigenvalue weighted by Crippen LogP contribution is 2.46. The van der Waals surface area contributed by atoms with E-state index in [1.54, 1.807) is 19.2 Å². The Morgan fingerprint density at radius 1 is 1.35 bits per heavy atom. The molecule has 0 bridgehead atoms. The van der Waals surface area contributed by atoms with Gasteiger partial charge >= 0.3 is 0 Å². The van der Waals surface area contributed by atoms with E-state index >= 15 is 0 Å². The van der Waals surface area contributed by atoms with Gasteiger partial charge in [0.1, 0.15) is 5.82 Å². The van der Waals surface area contributed by atoms with Crippen LogP contribution >= 0.6 is 24.0 Å². The van der Waals surface area contributed by atoms with Gasteiger partial charge in [0.05, 0.1) is 6.61 Å². The largest absolute Gasteiger partial charge is 0.392 e. The first kappa shape index (κ1) is 20.2. The number of halogens is 2. The van der Waals surface area contributed by atoms with E-state index in [4.69, 9.17) is 5.11 Å². The van der Waals surface area contributed by atoms with Crippen LogP contribution < -0.4 is 5.32 Å². The number of aliphatic hydroxyl groups is 1. The summed E-state index contributed by atoms with van der Waals surface area (Å²) in [6.07, 6.45) is 0. The molecule has 1 fully saturated rings. The van der Waals surface area contributed by atoms with E-state index in [2.05, 4.69) is 42.9 Å². The van der Waals surface area contributed by atoms with E-state index in [1.807, 2.05) is 0 Å². The van der Waals surface area contributed by atoms with Crippen molar-refractivity contribution in [3.8, 4) is 0 Å². The number of guanidine groups is 1. The van der Waals surface area contributed by atoms with E-state index in [-0.39, 0.29) is 47.4 Å². The maximum atomic E-state index is 13.4. The topological polar surface area (TPSA) is 47.9 Å². The molecule has 0 aromatic heterocycles. The number of aliphatic imine (C=N–C) groups is 1. The minimum Gasteiger partial charge on any atom is -0.392 e. The number of nitrogens with zero attached hydrogens (tertiary/aromatic N) is 2. The van der Waals surface area contributed by atoms with Crippen LogP contribution in [-0.4, -0.2) is 35.1 Å². The van der Waals surface area contributed by atoms with Gasteiger partial charge in [-0.25, -0.2) is 4.39 Å². The lowest BCUT2D eigenvalue weighted by Gasteiger charge is -2.62. The summed E-state index contributed by atoms with van der Waals surface area (Å²) < 4.78 is 13.4. The molecule has 0 saturated carbocycles. The van der Waals surface area contributed by atoms with Crippen LogP contribution in [0.1, 0.15) is 38.8 Å². The highest BCUT2D eigenvalue weighted by Gasteiger charge is 2.53. The van der Waals surface area contributed by atoms with E-state index in [0.717, 1.165) is 18.1 Å². The van der Waals surface area contributed by atoms with Crippen LogP contribution in [0.5, 0.6) is 0 Å². The quantitative estimate of drug-likeness (QED) is 0.436. The molecule has 23 heavy (non-hydrogen) atoms. The highest BCUT2D eigenvalue weighted by atomic mass is 127. The molecule has 1 heterocycles. The van der Waals surface area contributed by atoms with Crippen LogP contribution in [0.15, 0.2) is 23.2 Å². The second kappa shape index (κ2) is 7.34.